The molecule has 0 aliphatic heterocycles. The SMILES string of the molecule is O=Cc1cc(Cl)ccc1-c1cnc(-c2ccccn2)nc1. The summed E-state index contributed by atoms with van der Waals surface area (Å²) in [5, 5.41) is 0.520. The topological polar surface area (TPSA) is 55.7 Å². The van der Waals surface area contributed by atoms with Gasteiger partial charge in [0.15, 0.2) is 12.1 Å². The van der Waals surface area contributed by atoms with E-state index >= 15 is 0 Å². The van der Waals surface area contributed by atoms with Crippen LogP contribution < -0.4 is 0 Å². The van der Waals surface area contributed by atoms with Crippen molar-refractivity contribution in [3.63, 3.8) is 0 Å². The number of halogens is 1. The zero-order chi connectivity index (χ0) is 14.7. The van der Waals surface area contributed by atoms with Gasteiger partial charge >= 0.3 is 0 Å². The summed E-state index contributed by atoms with van der Waals surface area (Å²) >= 11 is 5.89. The molecule has 0 unspecified atom stereocenters. The molecular weight excluding hydrogens is 286 g/mol. The minimum Gasteiger partial charge on any atom is -0.298 e. The lowest BCUT2D eigenvalue weighted by molar-refractivity contribution is 0.112. The summed E-state index contributed by atoms with van der Waals surface area (Å²) in [6.45, 7) is 0. The van der Waals surface area contributed by atoms with Crippen molar-refractivity contribution in [2.75, 3.05) is 0 Å². The number of hydrogen-bond donors (Lipinski definition) is 0. The first kappa shape index (κ1) is 13.4. The van der Waals surface area contributed by atoms with Gasteiger partial charge in [-0.2, -0.15) is 0 Å². The standard InChI is InChI=1S/C16H10ClN3O/c17-13-4-5-14(11(7-13)10-21)12-8-19-16(20-9-12)15-3-1-2-6-18-15/h1-10H. The summed E-state index contributed by atoms with van der Waals surface area (Å²) in [4.78, 5) is 23.9. The minimum absolute atomic E-state index is 0.511. The van der Waals surface area contributed by atoms with E-state index in [0.717, 1.165) is 17.4 Å². The van der Waals surface area contributed by atoms with Gasteiger partial charge < -0.3 is 0 Å². The lowest BCUT2D eigenvalue weighted by Crippen LogP contribution is -1.93. The van der Waals surface area contributed by atoms with Crippen LogP contribution >= 0.6 is 11.6 Å². The van der Waals surface area contributed by atoms with Crippen LogP contribution in [-0.2, 0) is 0 Å². The van der Waals surface area contributed by atoms with Crippen LogP contribution in [0.15, 0.2) is 55.0 Å². The lowest BCUT2D eigenvalue weighted by Gasteiger charge is -2.06. The lowest BCUT2D eigenvalue weighted by atomic mass is 10.0. The van der Waals surface area contributed by atoms with Crippen molar-refractivity contribution in [3.05, 3.63) is 65.6 Å². The third-order valence-corrected chi connectivity index (χ3v) is 3.23. The highest BCUT2D eigenvalue weighted by Gasteiger charge is 2.08. The summed E-state index contributed by atoms with van der Waals surface area (Å²) in [6.07, 6.45) is 5.81. The zero-order valence-electron chi connectivity index (χ0n) is 10.9. The summed E-state index contributed by atoms with van der Waals surface area (Å²) in [5.74, 6) is 0.543. The van der Waals surface area contributed by atoms with Crippen molar-refractivity contribution in [2.24, 2.45) is 0 Å². The maximum Gasteiger partial charge on any atom is 0.178 e. The van der Waals surface area contributed by atoms with Gasteiger partial charge in [0.1, 0.15) is 5.69 Å². The quantitative estimate of drug-likeness (QED) is 0.692. The number of carbonyl (C=O) groups excluding carboxylic acids is 1. The monoisotopic (exact) mass is 295 g/mol. The van der Waals surface area contributed by atoms with Crippen molar-refractivity contribution in [3.8, 4) is 22.6 Å². The predicted octanol–water partition coefficient (Wildman–Crippen LogP) is 3.67. The average Bonchev–Trinajstić information content (AvgIpc) is 2.56. The Bertz CT molecular complexity index is 773. The summed E-state index contributed by atoms with van der Waals surface area (Å²) < 4.78 is 0. The number of rotatable bonds is 3. The number of pyridine rings is 1. The largest absolute Gasteiger partial charge is 0.298 e. The Hall–Kier alpha value is -2.59. The van der Waals surface area contributed by atoms with Crippen molar-refractivity contribution in [1.82, 2.24) is 15.0 Å². The van der Waals surface area contributed by atoms with Gasteiger partial charge in [0.05, 0.1) is 0 Å². The molecule has 0 fully saturated rings. The number of aldehydes is 1. The number of benzene rings is 1. The van der Waals surface area contributed by atoms with Crippen LogP contribution in [-0.4, -0.2) is 21.2 Å². The third-order valence-electron chi connectivity index (χ3n) is 3.00. The maximum atomic E-state index is 11.1. The second kappa shape index (κ2) is 5.81. The first-order valence-corrected chi connectivity index (χ1v) is 6.64. The maximum absolute atomic E-state index is 11.1. The minimum atomic E-state index is 0.511. The fourth-order valence-electron chi connectivity index (χ4n) is 1.99. The summed E-state index contributed by atoms with van der Waals surface area (Å²) in [6, 6.07) is 10.7. The van der Waals surface area contributed by atoms with E-state index in [1.807, 2.05) is 18.2 Å². The number of hydrogen-bond acceptors (Lipinski definition) is 4. The van der Waals surface area contributed by atoms with Crippen molar-refractivity contribution < 1.29 is 4.79 Å². The van der Waals surface area contributed by atoms with E-state index in [9.17, 15) is 4.79 Å². The Morgan fingerprint density at radius 3 is 2.48 bits per heavy atom. The summed E-state index contributed by atoms with van der Waals surface area (Å²) in [5.41, 5.74) is 2.72. The fraction of sp³-hybridized carbons (Fsp3) is 0. The fourth-order valence-corrected chi connectivity index (χ4v) is 2.17. The smallest absolute Gasteiger partial charge is 0.178 e. The molecule has 3 rings (SSSR count). The van der Waals surface area contributed by atoms with Crippen LogP contribution in [0.5, 0.6) is 0 Å². The van der Waals surface area contributed by atoms with Gasteiger partial charge in [-0.3, -0.25) is 9.78 Å². The van der Waals surface area contributed by atoms with Gasteiger partial charge in [0.25, 0.3) is 0 Å². The van der Waals surface area contributed by atoms with Gasteiger partial charge in [-0.05, 0) is 29.8 Å². The van der Waals surface area contributed by atoms with Crippen LogP contribution in [0.2, 0.25) is 5.02 Å². The van der Waals surface area contributed by atoms with Crippen molar-refractivity contribution in [2.45, 2.75) is 0 Å². The molecule has 0 aliphatic carbocycles. The number of carbonyl (C=O) groups is 1. The molecule has 0 bridgehead atoms. The molecule has 0 spiro atoms. The van der Waals surface area contributed by atoms with E-state index in [1.165, 1.54) is 0 Å². The van der Waals surface area contributed by atoms with Gasteiger partial charge in [-0.1, -0.05) is 23.7 Å². The first-order chi connectivity index (χ1) is 10.3. The van der Waals surface area contributed by atoms with E-state index in [4.69, 9.17) is 11.6 Å². The molecule has 21 heavy (non-hydrogen) atoms. The molecule has 2 heterocycles. The predicted molar refractivity (Wildman–Crippen MR) is 81.1 cm³/mol. The normalized spacial score (nSPS) is 10.3. The molecule has 102 valence electrons. The highest BCUT2D eigenvalue weighted by atomic mass is 35.5. The van der Waals surface area contributed by atoms with Crippen LogP contribution in [0.4, 0.5) is 0 Å². The van der Waals surface area contributed by atoms with Crippen LogP contribution in [0.3, 0.4) is 0 Å². The highest BCUT2D eigenvalue weighted by Crippen LogP contribution is 2.25. The van der Waals surface area contributed by atoms with Crippen molar-refractivity contribution in [1.29, 1.82) is 0 Å². The van der Waals surface area contributed by atoms with Gasteiger partial charge in [0, 0.05) is 34.7 Å². The Balaban J connectivity index is 2.00. The Morgan fingerprint density at radius 2 is 1.81 bits per heavy atom. The Labute approximate surface area is 126 Å². The van der Waals surface area contributed by atoms with Gasteiger partial charge in [-0.15, -0.1) is 0 Å². The second-order valence-corrected chi connectivity index (χ2v) is 4.80. The molecule has 3 aromatic rings. The van der Waals surface area contributed by atoms with E-state index < -0.39 is 0 Å². The molecule has 0 N–H and O–H groups in total. The van der Waals surface area contributed by atoms with Crippen LogP contribution in [0.1, 0.15) is 10.4 Å². The Kier molecular flexibility index (Phi) is 3.71. The highest BCUT2D eigenvalue weighted by molar-refractivity contribution is 6.31. The molecule has 5 heteroatoms. The molecule has 2 aromatic heterocycles. The molecule has 0 atom stereocenters. The molecule has 4 nitrogen and oxygen atoms in total. The van der Waals surface area contributed by atoms with Gasteiger partial charge in [-0.25, -0.2) is 9.97 Å². The third kappa shape index (κ3) is 2.80. The summed E-state index contributed by atoms with van der Waals surface area (Å²) in [7, 11) is 0. The van der Waals surface area contributed by atoms with Crippen molar-refractivity contribution >= 4 is 17.9 Å². The molecule has 0 amide bonds. The van der Waals surface area contributed by atoms with Crippen LogP contribution in [0.25, 0.3) is 22.6 Å². The van der Waals surface area contributed by atoms with E-state index in [1.54, 1.807) is 36.8 Å². The average molecular weight is 296 g/mol. The van der Waals surface area contributed by atoms with E-state index in [2.05, 4.69) is 15.0 Å². The molecular formula is C16H10ClN3O. The zero-order valence-corrected chi connectivity index (χ0v) is 11.7. The molecule has 0 saturated heterocycles. The molecule has 0 aliphatic rings. The van der Waals surface area contributed by atoms with E-state index in [0.29, 0.717) is 22.1 Å². The van der Waals surface area contributed by atoms with Crippen LogP contribution in [0, 0.1) is 0 Å². The first-order valence-electron chi connectivity index (χ1n) is 6.26. The number of nitrogens with zero attached hydrogens (tertiary/aromatic N) is 3. The van der Waals surface area contributed by atoms with E-state index in [-0.39, 0.29) is 0 Å². The Morgan fingerprint density at radius 1 is 1.00 bits per heavy atom. The molecule has 1 aromatic carbocycles. The number of aromatic nitrogens is 3. The molecule has 0 radical (unpaired) electrons. The second-order valence-electron chi connectivity index (χ2n) is 4.36. The van der Waals surface area contributed by atoms with Gasteiger partial charge in [0.2, 0.25) is 0 Å². The molecule has 0 saturated carbocycles.